The second-order valence-electron chi connectivity index (χ2n) is 5.68. The van der Waals surface area contributed by atoms with Gasteiger partial charge in [0.1, 0.15) is 11.5 Å². The van der Waals surface area contributed by atoms with Gasteiger partial charge in [-0.15, -0.1) is 24.0 Å². The average Bonchev–Trinajstić information content (AvgIpc) is 2.57. The number of rotatable bonds is 9. The van der Waals surface area contributed by atoms with Crippen molar-refractivity contribution in [3.8, 4) is 11.5 Å². The van der Waals surface area contributed by atoms with Crippen LogP contribution in [-0.4, -0.2) is 45.2 Å². The molecule has 0 aromatic heterocycles. The first-order chi connectivity index (χ1) is 12.3. The van der Waals surface area contributed by atoms with Gasteiger partial charge in [-0.1, -0.05) is 0 Å². The highest BCUT2D eigenvalue weighted by Gasteiger charge is 2.12. The molecule has 154 valence electrons. The molecular formula is C17H27F2IN4O3. The van der Waals surface area contributed by atoms with Crippen LogP contribution in [0.1, 0.15) is 25.8 Å². The van der Waals surface area contributed by atoms with Crippen LogP contribution in [0.5, 0.6) is 11.5 Å². The number of guanidine groups is 1. The van der Waals surface area contributed by atoms with Gasteiger partial charge < -0.3 is 25.4 Å². The first-order valence-electron chi connectivity index (χ1n) is 8.21. The quantitative estimate of drug-likeness (QED) is 0.276. The Morgan fingerprint density at radius 2 is 1.96 bits per heavy atom. The number of hydrogen-bond acceptors (Lipinski definition) is 4. The van der Waals surface area contributed by atoms with Crippen molar-refractivity contribution in [2.24, 2.45) is 4.99 Å². The molecule has 0 heterocycles. The summed E-state index contributed by atoms with van der Waals surface area (Å²) in [6.45, 7) is 1.44. The van der Waals surface area contributed by atoms with E-state index in [2.05, 4.69) is 25.7 Å². The van der Waals surface area contributed by atoms with E-state index in [1.165, 1.54) is 13.2 Å². The van der Waals surface area contributed by atoms with Crippen LogP contribution in [0.3, 0.4) is 0 Å². The molecule has 0 aliphatic heterocycles. The molecule has 0 atom stereocenters. The number of alkyl halides is 2. The molecule has 0 saturated carbocycles. The molecule has 3 N–H and O–H groups in total. The Hall–Kier alpha value is -1.85. The molecule has 7 nitrogen and oxygen atoms in total. The Morgan fingerprint density at radius 1 is 1.26 bits per heavy atom. The predicted octanol–water partition coefficient (Wildman–Crippen LogP) is 2.49. The maximum atomic E-state index is 12.5. The fourth-order valence-electron chi connectivity index (χ4n) is 2.12. The highest BCUT2D eigenvalue weighted by molar-refractivity contribution is 14.0. The van der Waals surface area contributed by atoms with Crippen LogP contribution in [0.15, 0.2) is 23.2 Å². The van der Waals surface area contributed by atoms with Gasteiger partial charge in [-0.3, -0.25) is 9.79 Å². The summed E-state index contributed by atoms with van der Waals surface area (Å²) in [5.74, 6) is 0.952. The van der Waals surface area contributed by atoms with E-state index in [0.29, 0.717) is 23.8 Å². The number of aliphatic imine (C=N–C) groups is 1. The molecule has 0 bridgehead atoms. The molecule has 1 rings (SSSR count). The van der Waals surface area contributed by atoms with Gasteiger partial charge in [-0.2, -0.15) is 8.78 Å². The minimum Gasteiger partial charge on any atom is -0.497 e. The van der Waals surface area contributed by atoms with Crippen LogP contribution in [0.4, 0.5) is 8.78 Å². The third kappa shape index (κ3) is 10.2. The maximum absolute atomic E-state index is 12.5. The Balaban J connectivity index is 0.00000676. The molecule has 0 aliphatic carbocycles. The van der Waals surface area contributed by atoms with Crippen molar-refractivity contribution in [2.45, 2.75) is 39.5 Å². The SMILES string of the molecule is CN=C(NCCC(=O)NC(C)C)NCc1cc(OC)ccc1OC(F)F.I. The molecule has 10 heteroatoms. The summed E-state index contributed by atoms with van der Waals surface area (Å²) in [7, 11) is 3.06. The Morgan fingerprint density at radius 3 is 2.52 bits per heavy atom. The molecule has 0 fully saturated rings. The number of benzene rings is 1. The van der Waals surface area contributed by atoms with Gasteiger partial charge in [-0.05, 0) is 32.0 Å². The van der Waals surface area contributed by atoms with E-state index in [1.54, 1.807) is 19.2 Å². The summed E-state index contributed by atoms with van der Waals surface area (Å²) in [6.07, 6.45) is 0.289. The lowest BCUT2D eigenvalue weighted by Gasteiger charge is -2.15. The number of nitrogens with one attached hydrogen (secondary N) is 3. The number of amides is 1. The smallest absolute Gasteiger partial charge is 0.387 e. The van der Waals surface area contributed by atoms with Gasteiger partial charge in [0.05, 0.1) is 7.11 Å². The molecular weight excluding hydrogens is 473 g/mol. The largest absolute Gasteiger partial charge is 0.497 e. The van der Waals surface area contributed by atoms with Crippen LogP contribution in [0.25, 0.3) is 0 Å². The topological polar surface area (TPSA) is 84.0 Å². The molecule has 1 aromatic rings. The molecule has 0 aliphatic rings. The van der Waals surface area contributed by atoms with Crippen LogP contribution >= 0.6 is 24.0 Å². The molecule has 1 amide bonds. The van der Waals surface area contributed by atoms with Crippen LogP contribution < -0.4 is 25.4 Å². The molecule has 0 spiro atoms. The lowest BCUT2D eigenvalue weighted by atomic mass is 10.2. The van der Waals surface area contributed by atoms with Crippen molar-refractivity contribution >= 4 is 35.8 Å². The van der Waals surface area contributed by atoms with Crippen molar-refractivity contribution in [1.29, 1.82) is 0 Å². The van der Waals surface area contributed by atoms with E-state index in [9.17, 15) is 13.6 Å². The summed E-state index contributed by atoms with van der Waals surface area (Å²) in [6, 6.07) is 4.66. The molecule has 1 aromatic carbocycles. The Labute approximate surface area is 175 Å². The van der Waals surface area contributed by atoms with Gasteiger partial charge >= 0.3 is 6.61 Å². The second kappa shape index (κ2) is 13.3. The van der Waals surface area contributed by atoms with Crippen LogP contribution in [0, 0.1) is 0 Å². The maximum Gasteiger partial charge on any atom is 0.387 e. The lowest BCUT2D eigenvalue weighted by Crippen LogP contribution is -2.39. The molecule has 0 radical (unpaired) electrons. The van der Waals surface area contributed by atoms with Gasteiger partial charge in [0.15, 0.2) is 5.96 Å². The van der Waals surface area contributed by atoms with E-state index in [4.69, 9.17) is 4.74 Å². The monoisotopic (exact) mass is 500 g/mol. The van der Waals surface area contributed by atoms with Gasteiger partial charge in [0.2, 0.25) is 5.91 Å². The molecule has 27 heavy (non-hydrogen) atoms. The van der Waals surface area contributed by atoms with E-state index in [1.807, 2.05) is 13.8 Å². The fraction of sp³-hybridized carbons (Fsp3) is 0.529. The highest BCUT2D eigenvalue weighted by Crippen LogP contribution is 2.25. The van der Waals surface area contributed by atoms with Crippen molar-refractivity contribution in [1.82, 2.24) is 16.0 Å². The number of carbonyl (C=O) groups is 1. The third-order valence-corrected chi connectivity index (χ3v) is 3.25. The normalized spacial score (nSPS) is 11.0. The standard InChI is InChI=1S/C17H26F2N4O3.HI/c1-11(2)23-15(24)7-8-21-17(20-3)22-10-12-9-13(25-4)5-6-14(12)26-16(18)19;/h5-6,9,11,16H,7-8,10H2,1-4H3,(H,23,24)(H2,20,21,22);1H. The zero-order chi connectivity index (χ0) is 19.5. The first-order valence-corrected chi connectivity index (χ1v) is 8.21. The van der Waals surface area contributed by atoms with Gasteiger partial charge in [0.25, 0.3) is 0 Å². The summed E-state index contributed by atoms with van der Waals surface area (Å²) < 4.78 is 34.7. The summed E-state index contributed by atoms with van der Waals surface area (Å²) >= 11 is 0. The van der Waals surface area contributed by atoms with Gasteiger partial charge in [0, 0.05) is 38.2 Å². The number of methoxy groups -OCH3 is 1. The zero-order valence-electron chi connectivity index (χ0n) is 15.8. The fourth-order valence-corrected chi connectivity index (χ4v) is 2.12. The zero-order valence-corrected chi connectivity index (χ0v) is 18.2. The number of halogens is 3. The number of hydrogen-bond donors (Lipinski definition) is 3. The predicted molar refractivity (Wildman–Crippen MR) is 111 cm³/mol. The minimum atomic E-state index is -2.92. The van der Waals surface area contributed by atoms with Crippen molar-refractivity contribution in [3.63, 3.8) is 0 Å². The van der Waals surface area contributed by atoms with Crippen LogP contribution in [0.2, 0.25) is 0 Å². The van der Waals surface area contributed by atoms with E-state index in [-0.39, 0.29) is 54.6 Å². The van der Waals surface area contributed by atoms with E-state index < -0.39 is 6.61 Å². The third-order valence-electron chi connectivity index (χ3n) is 3.25. The number of ether oxygens (including phenoxy) is 2. The van der Waals surface area contributed by atoms with E-state index >= 15 is 0 Å². The highest BCUT2D eigenvalue weighted by atomic mass is 127. The Kier molecular flexibility index (Phi) is 12.4. The van der Waals surface area contributed by atoms with Crippen molar-refractivity contribution < 1.29 is 23.0 Å². The summed E-state index contributed by atoms with van der Waals surface area (Å²) in [5.41, 5.74) is 0.491. The average molecular weight is 500 g/mol. The van der Waals surface area contributed by atoms with Crippen LogP contribution in [-0.2, 0) is 11.3 Å². The molecule has 0 unspecified atom stereocenters. The number of nitrogens with zero attached hydrogens (tertiary/aromatic N) is 1. The summed E-state index contributed by atoms with van der Waals surface area (Å²) in [5, 5.41) is 8.77. The summed E-state index contributed by atoms with van der Waals surface area (Å²) in [4.78, 5) is 15.6. The van der Waals surface area contributed by atoms with E-state index in [0.717, 1.165) is 0 Å². The van der Waals surface area contributed by atoms with Crippen molar-refractivity contribution in [3.05, 3.63) is 23.8 Å². The van der Waals surface area contributed by atoms with Crippen molar-refractivity contribution in [2.75, 3.05) is 20.7 Å². The molecule has 0 saturated heterocycles. The Bertz CT molecular complexity index is 616. The minimum absolute atomic E-state index is 0. The second-order valence-corrected chi connectivity index (χ2v) is 5.68. The van der Waals surface area contributed by atoms with Gasteiger partial charge in [-0.25, -0.2) is 0 Å². The first kappa shape index (κ1) is 25.1. The number of carbonyl (C=O) groups excluding carboxylic acids is 1. The lowest BCUT2D eigenvalue weighted by molar-refractivity contribution is -0.121.